The summed E-state index contributed by atoms with van der Waals surface area (Å²) in [6, 6.07) is 3.31. The fourth-order valence-electron chi connectivity index (χ4n) is 1.65. The summed E-state index contributed by atoms with van der Waals surface area (Å²) in [5.74, 6) is -2.07. The van der Waals surface area contributed by atoms with Crippen LogP contribution in [0.4, 0.5) is 4.39 Å². The number of hydrogen-bond donors (Lipinski definition) is 2. The van der Waals surface area contributed by atoms with Gasteiger partial charge in [0.05, 0.1) is 4.90 Å². The van der Waals surface area contributed by atoms with E-state index >= 15 is 0 Å². The molecule has 2 rings (SSSR count). The normalized spacial score (nSPS) is 17.4. The first-order valence-corrected chi connectivity index (χ1v) is 6.89. The fourth-order valence-corrected chi connectivity index (χ4v) is 2.94. The largest absolute Gasteiger partial charge is 0.480 e. The van der Waals surface area contributed by atoms with Crippen LogP contribution in [-0.4, -0.2) is 25.5 Å². The zero-order valence-electron chi connectivity index (χ0n) is 9.34. The first-order chi connectivity index (χ1) is 8.40. The molecule has 1 unspecified atom stereocenters. The average molecular weight is 273 g/mol. The summed E-state index contributed by atoms with van der Waals surface area (Å²) in [4.78, 5) is 10.7. The highest BCUT2D eigenvalue weighted by molar-refractivity contribution is 7.89. The maximum atomic E-state index is 13.0. The Morgan fingerprint density at radius 2 is 2.11 bits per heavy atom. The zero-order chi connectivity index (χ0) is 13.3. The number of aliphatic carboxylic acids is 1. The third-order valence-electron chi connectivity index (χ3n) is 2.75. The number of carbonyl (C=O) groups is 1. The van der Waals surface area contributed by atoms with E-state index in [0.29, 0.717) is 12.8 Å². The van der Waals surface area contributed by atoms with Crippen molar-refractivity contribution in [3.8, 4) is 0 Å². The second kappa shape index (κ2) is 4.66. The summed E-state index contributed by atoms with van der Waals surface area (Å²) in [5.41, 5.74) is 0. The number of benzene rings is 1. The number of rotatable bonds is 5. The molecule has 1 atom stereocenters. The minimum absolute atomic E-state index is 0.175. The Morgan fingerprint density at radius 1 is 1.44 bits per heavy atom. The van der Waals surface area contributed by atoms with Crippen molar-refractivity contribution in [3.05, 3.63) is 30.1 Å². The standard InChI is InChI=1S/C11H12FNO4S/c12-8-2-1-3-9(6-8)18(16,17)13-10(11(14)15)7-4-5-7/h1-3,6-7,10,13H,4-5H2,(H,14,15). The van der Waals surface area contributed by atoms with E-state index in [0.717, 1.165) is 12.1 Å². The minimum Gasteiger partial charge on any atom is -0.480 e. The molecule has 7 heteroatoms. The van der Waals surface area contributed by atoms with Crippen molar-refractivity contribution >= 4 is 16.0 Å². The van der Waals surface area contributed by atoms with Crippen molar-refractivity contribution in [1.82, 2.24) is 4.72 Å². The maximum absolute atomic E-state index is 13.0. The molecule has 0 radical (unpaired) electrons. The van der Waals surface area contributed by atoms with Gasteiger partial charge in [0, 0.05) is 0 Å². The molecular formula is C11H12FNO4S. The van der Waals surface area contributed by atoms with Crippen molar-refractivity contribution in [3.63, 3.8) is 0 Å². The Hall–Kier alpha value is -1.47. The van der Waals surface area contributed by atoms with Crippen LogP contribution in [0.5, 0.6) is 0 Å². The summed E-state index contributed by atoms with van der Waals surface area (Å²) in [7, 11) is -4.00. The van der Waals surface area contributed by atoms with Crippen LogP contribution in [0.1, 0.15) is 12.8 Å². The Kier molecular flexibility index (Phi) is 3.36. The van der Waals surface area contributed by atoms with E-state index in [-0.39, 0.29) is 10.8 Å². The molecule has 1 aliphatic carbocycles. The van der Waals surface area contributed by atoms with Crippen molar-refractivity contribution in [2.24, 2.45) is 5.92 Å². The van der Waals surface area contributed by atoms with Gasteiger partial charge in [-0.25, -0.2) is 12.8 Å². The lowest BCUT2D eigenvalue weighted by molar-refractivity contribution is -0.139. The van der Waals surface area contributed by atoms with Gasteiger partial charge in [-0.2, -0.15) is 4.72 Å². The maximum Gasteiger partial charge on any atom is 0.322 e. The smallest absolute Gasteiger partial charge is 0.322 e. The van der Waals surface area contributed by atoms with Gasteiger partial charge in [0.15, 0.2) is 0 Å². The van der Waals surface area contributed by atoms with Crippen LogP contribution in [0, 0.1) is 11.7 Å². The van der Waals surface area contributed by atoms with Crippen molar-refractivity contribution < 1.29 is 22.7 Å². The van der Waals surface area contributed by atoms with E-state index in [9.17, 15) is 17.6 Å². The Balaban J connectivity index is 2.23. The molecule has 1 aromatic carbocycles. The monoisotopic (exact) mass is 273 g/mol. The van der Waals surface area contributed by atoms with E-state index in [2.05, 4.69) is 4.72 Å². The average Bonchev–Trinajstić information content (AvgIpc) is 3.09. The summed E-state index contributed by atoms with van der Waals surface area (Å²) >= 11 is 0. The summed E-state index contributed by atoms with van der Waals surface area (Å²) in [6.07, 6.45) is 1.37. The molecule has 0 spiro atoms. The molecule has 0 bridgehead atoms. The zero-order valence-corrected chi connectivity index (χ0v) is 10.2. The Bertz CT molecular complexity index is 568. The summed E-state index contributed by atoms with van der Waals surface area (Å²) in [6.45, 7) is 0. The number of carboxylic acids is 1. The quantitative estimate of drug-likeness (QED) is 0.837. The van der Waals surface area contributed by atoms with E-state index in [4.69, 9.17) is 5.11 Å². The molecule has 1 aliphatic rings. The first-order valence-electron chi connectivity index (χ1n) is 5.41. The fraction of sp³-hybridized carbons (Fsp3) is 0.364. The van der Waals surface area contributed by atoms with Gasteiger partial charge in [-0.15, -0.1) is 0 Å². The molecule has 1 fully saturated rings. The molecular weight excluding hydrogens is 261 g/mol. The van der Waals surface area contributed by atoms with Crippen LogP contribution in [0.25, 0.3) is 0 Å². The summed E-state index contributed by atoms with van der Waals surface area (Å²) < 4.78 is 38.8. The molecule has 98 valence electrons. The molecule has 0 aliphatic heterocycles. The lowest BCUT2D eigenvalue weighted by Crippen LogP contribution is -2.42. The van der Waals surface area contributed by atoms with Crippen LogP contribution in [0.15, 0.2) is 29.2 Å². The predicted molar refractivity (Wildman–Crippen MR) is 60.9 cm³/mol. The molecule has 0 aromatic heterocycles. The van der Waals surface area contributed by atoms with Gasteiger partial charge in [-0.1, -0.05) is 6.07 Å². The summed E-state index contributed by atoms with van der Waals surface area (Å²) in [5, 5.41) is 8.95. The number of hydrogen-bond acceptors (Lipinski definition) is 3. The second-order valence-electron chi connectivity index (χ2n) is 4.23. The number of sulfonamides is 1. The van der Waals surface area contributed by atoms with E-state index in [1.54, 1.807) is 0 Å². The van der Waals surface area contributed by atoms with Crippen molar-refractivity contribution in [2.45, 2.75) is 23.8 Å². The third kappa shape index (κ3) is 2.85. The molecule has 0 heterocycles. The SMILES string of the molecule is O=C(O)C(NS(=O)(=O)c1cccc(F)c1)C1CC1. The molecule has 0 saturated heterocycles. The van der Waals surface area contributed by atoms with Gasteiger partial charge in [0.2, 0.25) is 10.0 Å². The third-order valence-corrected chi connectivity index (χ3v) is 4.19. The van der Waals surface area contributed by atoms with Gasteiger partial charge in [-0.05, 0) is 37.0 Å². The highest BCUT2D eigenvalue weighted by atomic mass is 32.2. The highest BCUT2D eigenvalue weighted by Gasteiger charge is 2.39. The minimum atomic E-state index is -4.00. The van der Waals surface area contributed by atoms with Crippen molar-refractivity contribution in [2.75, 3.05) is 0 Å². The Labute approximate surface area is 104 Å². The topological polar surface area (TPSA) is 83.5 Å². The van der Waals surface area contributed by atoms with Crippen LogP contribution in [0.3, 0.4) is 0 Å². The second-order valence-corrected chi connectivity index (χ2v) is 5.95. The first kappa shape index (κ1) is 13.0. The van der Waals surface area contributed by atoms with Crippen LogP contribution in [-0.2, 0) is 14.8 Å². The van der Waals surface area contributed by atoms with Crippen LogP contribution >= 0.6 is 0 Å². The van der Waals surface area contributed by atoms with Gasteiger partial charge in [0.25, 0.3) is 0 Å². The predicted octanol–water partition coefficient (Wildman–Crippen LogP) is 0.967. The lowest BCUT2D eigenvalue weighted by Gasteiger charge is -2.13. The molecule has 0 amide bonds. The number of halogens is 1. The van der Waals surface area contributed by atoms with E-state index in [1.165, 1.54) is 12.1 Å². The van der Waals surface area contributed by atoms with Gasteiger partial charge >= 0.3 is 5.97 Å². The van der Waals surface area contributed by atoms with Crippen molar-refractivity contribution in [1.29, 1.82) is 0 Å². The molecule has 2 N–H and O–H groups in total. The van der Waals surface area contributed by atoms with E-state index in [1.807, 2.05) is 0 Å². The number of carboxylic acid groups (broad SMARTS) is 1. The lowest BCUT2D eigenvalue weighted by atomic mass is 10.2. The molecule has 1 aromatic rings. The van der Waals surface area contributed by atoms with E-state index < -0.39 is 27.9 Å². The van der Waals surface area contributed by atoms with Crippen LogP contribution in [0.2, 0.25) is 0 Å². The molecule has 5 nitrogen and oxygen atoms in total. The highest BCUT2D eigenvalue weighted by Crippen LogP contribution is 2.33. The van der Waals surface area contributed by atoms with Gasteiger partial charge in [0.1, 0.15) is 11.9 Å². The Morgan fingerprint density at radius 3 is 2.61 bits per heavy atom. The van der Waals surface area contributed by atoms with Gasteiger partial charge in [-0.3, -0.25) is 4.79 Å². The van der Waals surface area contributed by atoms with Crippen LogP contribution < -0.4 is 4.72 Å². The van der Waals surface area contributed by atoms with Gasteiger partial charge < -0.3 is 5.11 Å². The number of nitrogens with one attached hydrogen (secondary N) is 1. The molecule has 18 heavy (non-hydrogen) atoms. The molecule has 1 saturated carbocycles.